The smallest absolute Gasteiger partial charge is 0.336 e. The van der Waals surface area contributed by atoms with Crippen molar-refractivity contribution >= 4 is 17.1 Å². The molecule has 4 rings (SSSR count). The van der Waals surface area contributed by atoms with Crippen LogP contribution >= 0.6 is 0 Å². The first-order chi connectivity index (χ1) is 12.9. The van der Waals surface area contributed by atoms with Crippen molar-refractivity contribution in [1.29, 1.82) is 0 Å². The van der Waals surface area contributed by atoms with Crippen molar-refractivity contribution in [2.45, 2.75) is 31.6 Å². The zero-order valence-corrected chi connectivity index (χ0v) is 14.0. The zero-order chi connectivity index (χ0) is 19.0. The molecule has 0 radical (unpaired) electrons. The summed E-state index contributed by atoms with van der Waals surface area (Å²) < 4.78 is 43.9. The van der Waals surface area contributed by atoms with E-state index in [1.165, 1.54) is 0 Å². The van der Waals surface area contributed by atoms with Gasteiger partial charge in [-0.1, -0.05) is 5.16 Å². The van der Waals surface area contributed by atoms with Crippen molar-refractivity contribution in [3.05, 3.63) is 30.4 Å². The quantitative estimate of drug-likeness (QED) is 0.709. The number of carbonyl (C=O) groups is 1. The number of amides is 2. The van der Waals surface area contributed by atoms with Crippen LogP contribution in [-0.2, 0) is 12.7 Å². The number of alkyl halides is 3. The molecule has 0 spiro atoms. The van der Waals surface area contributed by atoms with E-state index in [4.69, 9.17) is 0 Å². The fourth-order valence-corrected chi connectivity index (χ4v) is 2.58. The maximum Gasteiger partial charge on any atom is 0.471 e. The van der Waals surface area contributed by atoms with Crippen LogP contribution in [0.4, 0.5) is 18.0 Å². The SMILES string of the molecule is O=C(NCCn1cnc2ccc(-c3noc(C(F)(F)F)n3)cc21)NC1CC1. The number of fused-ring (bicyclic) bond motifs is 1. The summed E-state index contributed by atoms with van der Waals surface area (Å²) in [7, 11) is 0. The van der Waals surface area contributed by atoms with Crippen LogP contribution in [0.15, 0.2) is 29.0 Å². The Labute approximate surface area is 150 Å². The number of nitrogens with one attached hydrogen (secondary N) is 2. The van der Waals surface area contributed by atoms with Gasteiger partial charge in [0.1, 0.15) is 0 Å². The van der Waals surface area contributed by atoms with Gasteiger partial charge < -0.3 is 19.7 Å². The van der Waals surface area contributed by atoms with E-state index in [9.17, 15) is 18.0 Å². The Bertz CT molecular complexity index is 976. The fourth-order valence-electron chi connectivity index (χ4n) is 2.58. The van der Waals surface area contributed by atoms with E-state index in [-0.39, 0.29) is 17.9 Å². The topological polar surface area (TPSA) is 97.9 Å². The molecule has 0 saturated heterocycles. The highest BCUT2D eigenvalue weighted by atomic mass is 19.4. The molecule has 11 heteroatoms. The molecule has 2 amide bonds. The van der Waals surface area contributed by atoms with Gasteiger partial charge in [0, 0.05) is 24.7 Å². The van der Waals surface area contributed by atoms with Crippen molar-refractivity contribution in [2.75, 3.05) is 6.54 Å². The molecule has 0 unspecified atom stereocenters. The van der Waals surface area contributed by atoms with Crippen LogP contribution < -0.4 is 10.6 Å². The van der Waals surface area contributed by atoms with Crippen LogP contribution in [0, 0.1) is 0 Å². The summed E-state index contributed by atoms with van der Waals surface area (Å²) in [6, 6.07) is 4.94. The van der Waals surface area contributed by atoms with Gasteiger partial charge in [-0.2, -0.15) is 18.2 Å². The third-order valence-corrected chi connectivity index (χ3v) is 4.10. The molecule has 1 aliphatic carbocycles. The van der Waals surface area contributed by atoms with Crippen LogP contribution in [0.5, 0.6) is 0 Å². The minimum absolute atomic E-state index is 0.154. The van der Waals surface area contributed by atoms with E-state index in [0.29, 0.717) is 29.7 Å². The van der Waals surface area contributed by atoms with E-state index in [2.05, 4.69) is 30.3 Å². The summed E-state index contributed by atoms with van der Waals surface area (Å²) in [5.74, 6) is -1.55. The van der Waals surface area contributed by atoms with Gasteiger partial charge in [-0.05, 0) is 31.0 Å². The first kappa shape index (κ1) is 17.3. The number of urea groups is 1. The number of hydrogen-bond acceptors (Lipinski definition) is 5. The maximum atomic E-state index is 12.6. The standard InChI is InChI=1S/C16H15F3N6O2/c17-16(18,19)14-23-13(24-27-14)9-1-4-11-12(7-9)25(8-21-11)6-5-20-15(26)22-10-2-3-10/h1,4,7-8,10H,2-3,5-6H2,(H2,20,22,26). The highest BCUT2D eigenvalue weighted by Crippen LogP contribution is 2.30. The van der Waals surface area contributed by atoms with Crippen molar-refractivity contribution in [3.63, 3.8) is 0 Å². The molecule has 8 nitrogen and oxygen atoms in total. The average molecular weight is 380 g/mol. The molecule has 1 aromatic carbocycles. The van der Waals surface area contributed by atoms with Gasteiger partial charge in [-0.15, -0.1) is 0 Å². The summed E-state index contributed by atoms with van der Waals surface area (Å²) in [5, 5.41) is 8.97. The number of aromatic nitrogens is 4. The number of halogens is 3. The third-order valence-electron chi connectivity index (χ3n) is 4.10. The molecule has 1 fully saturated rings. The predicted molar refractivity (Wildman–Crippen MR) is 87.6 cm³/mol. The number of benzene rings is 1. The molecule has 1 saturated carbocycles. The Morgan fingerprint density at radius 3 is 2.85 bits per heavy atom. The van der Waals surface area contributed by atoms with Gasteiger partial charge in [0.05, 0.1) is 17.4 Å². The van der Waals surface area contributed by atoms with E-state index in [1.807, 2.05) is 0 Å². The van der Waals surface area contributed by atoms with E-state index in [1.54, 1.807) is 29.1 Å². The highest BCUT2D eigenvalue weighted by Gasteiger charge is 2.38. The molecule has 2 heterocycles. The Hall–Kier alpha value is -3.11. The monoisotopic (exact) mass is 380 g/mol. The second-order valence-corrected chi connectivity index (χ2v) is 6.24. The molecule has 0 bridgehead atoms. The summed E-state index contributed by atoms with van der Waals surface area (Å²) in [6.45, 7) is 0.840. The van der Waals surface area contributed by atoms with Crippen LogP contribution in [0.3, 0.4) is 0 Å². The second-order valence-electron chi connectivity index (χ2n) is 6.24. The molecule has 0 atom stereocenters. The van der Waals surface area contributed by atoms with Crippen molar-refractivity contribution in [1.82, 2.24) is 30.3 Å². The van der Waals surface area contributed by atoms with E-state index < -0.39 is 12.1 Å². The Balaban J connectivity index is 1.49. The van der Waals surface area contributed by atoms with E-state index >= 15 is 0 Å². The minimum atomic E-state index is -4.69. The first-order valence-electron chi connectivity index (χ1n) is 8.31. The molecular weight excluding hydrogens is 365 g/mol. The van der Waals surface area contributed by atoms with Gasteiger partial charge in [0.25, 0.3) is 0 Å². The summed E-state index contributed by atoms with van der Waals surface area (Å²) >= 11 is 0. The maximum absolute atomic E-state index is 12.6. The second kappa shape index (κ2) is 6.56. The first-order valence-corrected chi connectivity index (χ1v) is 8.31. The van der Waals surface area contributed by atoms with Crippen molar-refractivity contribution in [2.24, 2.45) is 0 Å². The Morgan fingerprint density at radius 2 is 2.15 bits per heavy atom. The lowest BCUT2D eigenvalue weighted by molar-refractivity contribution is -0.159. The fraction of sp³-hybridized carbons (Fsp3) is 0.375. The predicted octanol–water partition coefficient (Wildman–Crippen LogP) is 2.57. The molecular formula is C16H15F3N6O2. The van der Waals surface area contributed by atoms with Crippen LogP contribution in [0.1, 0.15) is 18.7 Å². The molecule has 2 N–H and O–H groups in total. The van der Waals surface area contributed by atoms with Gasteiger partial charge in [-0.3, -0.25) is 0 Å². The molecule has 3 aromatic rings. The molecule has 142 valence electrons. The van der Waals surface area contributed by atoms with Crippen molar-refractivity contribution < 1.29 is 22.5 Å². The van der Waals surface area contributed by atoms with Gasteiger partial charge in [0.15, 0.2) is 0 Å². The largest absolute Gasteiger partial charge is 0.471 e. The molecule has 2 aromatic heterocycles. The van der Waals surface area contributed by atoms with Crippen LogP contribution in [-0.4, -0.2) is 38.3 Å². The Kier molecular flexibility index (Phi) is 4.21. The number of carbonyl (C=O) groups excluding carboxylic acids is 1. The molecule has 0 aliphatic heterocycles. The number of nitrogens with zero attached hydrogens (tertiary/aromatic N) is 4. The highest BCUT2D eigenvalue weighted by molar-refractivity contribution is 5.80. The third kappa shape index (κ3) is 3.86. The van der Waals surface area contributed by atoms with Crippen molar-refractivity contribution in [3.8, 4) is 11.4 Å². The van der Waals surface area contributed by atoms with Gasteiger partial charge in [0.2, 0.25) is 5.82 Å². The Morgan fingerprint density at radius 1 is 1.33 bits per heavy atom. The average Bonchev–Trinajstić information content (AvgIpc) is 3.13. The number of imidazole rings is 1. The minimum Gasteiger partial charge on any atom is -0.336 e. The lowest BCUT2D eigenvalue weighted by Crippen LogP contribution is -2.38. The molecule has 1 aliphatic rings. The number of rotatable bonds is 5. The number of hydrogen-bond donors (Lipinski definition) is 2. The normalized spacial score (nSPS) is 14.5. The van der Waals surface area contributed by atoms with Crippen LogP contribution in [0.25, 0.3) is 22.4 Å². The van der Waals surface area contributed by atoms with Gasteiger partial charge >= 0.3 is 18.1 Å². The summed E-state index contributed by atoms with van der Waals surface area (Å²) in [5.41, 5.74) is 1.74. The van der Waals surface area contributed by atoms with Gasteiger partial charge in [-0.25, -0.2) is 9.78 Å². The van der Waals surface area contributed by atoms with E-state index in [0.717, 1.165) is 12.8 Å². The van der Waals surface area contributed by atoms with Crippen LogP contribution in [0.2, 0.25) is 0 Å². The lowest BCUT2D eigenvalue weighted by atomic mass is 10.2. The molecule has 27 heavy (non-hydrogen) atoms. The lowest BCUT2D eigenvalue weighted by Gasteiger charge is -2.08. The summed E-state index contributed by atoms with van der Waals surface area (Å²) in [4.78, 5) is 19.3. The zero-order valence-electron chi connectivity index (χ0n) is 14.0. The summed E-state index contributed by atoms with van der Waals surface area (Å²) in [6.07, 6.45) is -1.07.